The fraction of sp³-hybridized carbons (Fsp3) is 0.364. The number of carbonyl (C=O) groups excluding carboxylic acids is 1. The van der Waals surface area contributed by atoms with Gasteiger partial charge in [-0.2, -0.15) is 0 Å². The van der Waals surface area contributed by atoms with Crippen molar-refractivity contribution in [3.8, 4) is 11.5 Å². The van der Waals surface area contributed by atoms with Crippen molar-refractivity contribution in [1.82, 2.24) is 15.3 Å². The van der Waals surface area contributed by atoms with Gasteiger partial charge in [-0.15, -0.1) is 0 Å². The lowest BCUT2D eigenvalue weighted by Crippen LogP contribution is -2.30. The number of amides is 1. The summed E-state index contributed by atoms with van der Waals surface area (Å²) in [6.45, 7) is 5.48. The first-order valence-corrected chi connectivity index (χ1v) is 9.75. The number of fused-ring (bicyclic) bond motifs is 2. The average molecular weight is 379 g/mol. The van der Waals surface area contributed by atoms with Crippen molar-refractivity contribution in [3.05, 3.63) is 53.9 Å². The summed E-state index contributed by atoms with van der Waals surface area (Å²) >= 11 is 0. The molecule has 0 saturated heterocycles. The van der Waals surface area contributed by atoms with Gasteiger partial charge in [0.05, 0.1) is 30.3 Å². The number of ether oxygens (including phenoxy) is 2. The molecule has 6 heteroatoms. The number of hydrogen-bond donors (Lipinski definition) is 2. The van der Waals surface area contributed by atoms with Crippen LogP contribution in [0.15, 0.2) is 42.5 Å². The second-order valence-electron chi connectivity index (χ2n) is 7.51. The van der Waals surface area contributed by atoms with Crippen LogP contribution in [0.2, 0.25) is 0 Å². The molecule has 1 aliphatic rings. The van der Waals surface area contributed by atoms with Gasteiger partial charge in [-0.25, -0.2) is 4.98 Å². The summed E-state index contributed by atoms with van der Waals surface area (Å²) in [5.41, 5.74) is 2.42. The van der Waals surface area contributed by atoms with Crippen molar-refractivity contribution in [1.29, 1.82) is 0 Å². The van der Waals surface area contributed by atoms with Crippen LogP contribution in [-0.4, -0.2) is 29.1 Å². The predicted molar refractivity (Wildman–Crippen MR) is 108 cm³/mol. The number of aromatic nitrogens is 2. The summed E-state index contributed by atoms with van der Waals surface area (Å²) in [6.07, 6.45) is 1.62. The molecule has 0 aliphatic carbocycles. The van der Waals surface area contributed by atoms with Crippen LogP contribution in [0.5, 0.6) is 11.5 Å². The summed E-state index contributed by atoms with van der Waals surface area (Å²) in [5, 5.41) is 3.14. The van der Waals surface area contributed by atoms with Crippen molar-refractivity contribution in [2.45, 2.75) is 32.7 Å². The minimum atomic E-state index is -0.198. The number of H-pyrrole nitrogens is 1. The SMILES string of the molecule is CC(C)CC(NC(=O)c1ccc2c(c1)OCCCO2)c1nc2ccccc2[nH]1. The maximum atomic E-state index is 12.9. The molecule has 6 nitrogen and oxygen atoms in total. The minimum Gasteiger partial charge on any atom is -0.490 e. The fourth-order valence-electron chi connectivity index (χ4n) is 3.39. The van der Waals surface area contributed by atoms with Gasteiger partial charge in [0.2, 0.25) is 0 Å². The highest BCUT2D eigenvalue weighted by Gasteiger charge is 2.22. The molecule has 0 radical (unpaired) electrons. The van der Waals surface area contributed by atoms with E-state index in [1.807, 2.05) is 24.3 Å². The molecule has 0 bridgehead atoms. The van der Waals surface area contributed by atoms with E-state index >= 15 is 0 Å². The first-order valence-electron chi connectivity index (χ1n) is 9.75. The predicted octanol–water partition coefficient (Wildman–Crippen LogP) is 4.24. The van der Waals surface area contributed by atoms with E-state index in [0.717, 1.165) is 29.7 Å². The van der Waals surface area contributed by atoms with E-state index in [9.17, 15) is 4.79 Å². The second kappa shape index (κ2) is 7.92. The standard InChI is InChI=1S/C22H25N3O3/c1-14(2)12-18(21-23-16-6-3-4-7-17(16)24-21)25-22(26)15-8-9-19-20(13-15)28-11-5-10-27-19/h3-4,6-9,13-14,18H,5,10-12H2,1-2H3,(H,23,24)(H,25,26). The Morgan fingerprint density at radius 2 is 1.93 bits per heavy atom. The third kappa shape index (κ3) is 3.96. The van der Waals surface area contributed by atoms with Crippen LogP contribution in [0.4, 0.5) is 0 Å². The topological polar surface area (TPSA) is 76.2 Å². The molecule has 146 valence electrons. The van der Waals surface area contributed by atoms with Gasteiger partial charge in [0.25, 0.3) is 5.91 Å². The van der Waals surface area contributed by atoms with Gasteiger partial charge in [0, 0.05) is 12.0 Å². The molecule has 1 atom stereocenters. The van der Waals surface area contributed by atoms with E-state index in [-0.39, 0.29) is 11.9 Å². The molecule has 2 aromatic carbocycles. The van der Waals surface area contributed by atoms with Crippen LogP contribution < -0.4 is 14.8 Å². The monoisotopic (exact) mass is 379 g/mol. The Labute approximate surface area is 164 Å². The Hall–Kier alpha value is -3.02. The van der Waals surface area contributed by atoms with Crippen molar-refractivity contribution in [3.63, 3.8) is 0 Å². The Balaban J connectivity index is 1.58. The van der Waals surface area contributed by atoms with E-state index in [2.05, 4.69) is 29.1 Å². The van der Waals surface area contributed by atoms with Gasteiger partial charge in [0.15, 0.2) is 11.5 Å². The van der Waals surface area contributed by atoms with Crippen molar-refractivity contribution in [2.24, 2.45) is 5.92 Å². The Morgan fingerprint density at radius 1 is 1.14 bits per heavy atom. The van der Waals surface area contributed by atoms with E-state index < -0.39 is 0 Å². The van der Waals surface area contributed by atoms with Gasteiger partial charge >= 0.3 is 0 Å². The maximum absolute atomic E-state index is 12.9. The largest absolute Gasteiger partial charge is 0.490 e. The van der Waals surface area contributed by atoms with Crippen LogP contribution in [0.1, 0.15) is 48.9 Å². The molecule has 28 heavy (non-hydrogen) atoms. The molecule has 1 amide bonds. The zero-order valence-corrected chi connectivity index (χ0v) is 16.2. The third-order valence-electron chi connectivity index (χ3n) is 4.76. The quantitative estimate of drug-likeness (QED) is 0.695. The number of imidazole rings is 1. The number of rotatable bonds is 5. The summed E-state index contributed by atoms with van der Waals surface area (Å²) in [6, 6.07) is 13.0. The highest BCUT2D eigenvalue weighted by Crippen LogP contribution is 2.31. The average Bonchev–Trinajstić information content (AvgIpc) is 2.98. The molecule has 2 heterocycles. The smallest absolute Gasteiger partial charge is 0.252 e. The minimum absolute atomic E-state index is 0.151. The molecule has 1 aliphatic heterocycles. The van der Waals surface area contributed by atoms with E-state index in [1.54, 1.807) is 18.2 Å². The van der Waals surface area contributed by atoms with Gasteiger partial charge < -0.3 is 19.8 Å². The number of carbonyl (C=O) groups is 1. The van der Waals surface area contributed by atoms with Gasteiger partial charge in [0.1, 0.15) is 5.82 Å². The van der Waals surface area contributed by atoms with E-state index in [0.29, 0.717) is 36.2 Å². The lowest BCUT2D eigenvalue weighted by molar-refractivity contribution is 0.0929. The number of para-hydroxylation sites is 2. The zero-order chi connectivity index (χ0) is 19.5. The van der Waals surface area contributed by atoms with Crippen LogP contribution in [0.3, 0.4) is 0 Å². The van der Waals surface area contributed by atoms with Crippen molar-refractivity contribution >= 4 is 16.9 Å². The summed E-state index contributed by atoms with van der Waals surface area (Å²) < 4.78 is 11.4. The lowest BCUT2D eigenvalue weighted by Gasteiger charge is -2.19. The fourth-order valence-corrected chi connectivity index (χ4v) is 3.39. The van der Waals surface area contributed by atoms with Crippen molar-refractivity contribution in [2.75, 3.05) is 13.2 Å². The molecule has 2 N–H and O–H groups in total. The number of hydrogen-bond acceptors (Lipinski definition) is 4. The molecule has 0 fully saturated rings. The molecular weight excluding hydrogens is 354 g/mol. The van der Waals surface area contributed by atoms with Crippen molar-refractivity contribution < 1.29 is 14.3 Å². The summed E-state index contributed by atoms with van der Waals surface area (Å²) in [7, 11) is 0. The molecule has 0 spiro atoms. The van der Waals surface area contributed by atoms with Crippen LogP contribution in [0, 0.1) is 5.92 Å². The first kappa shape index (κ1) is 18.3. The number of nitrogens with one attached hydrogen (secondary N) is 2. The highest BCUT2D eigenvalue weighted by atomic mass is 16.5. The molecule has 0 saturated carbocycles. The van der Waals surface area contributed by atoms with E-state index in [4.69, 9.17) is 9.47 Å². The van der Waals surface area contributed by atoms with Crippen LogP contribution in [0.25, 0.3) is 11.0 Å². The zero-order valence-electron chi connectivity index (χ0n) is 16.2. The van der Waals surface area contributed by atoms with Crippen LogP contribution >= 0.6 is 0 Å². The first-order chi connectivity index (χ1) is 13.6. The number of benzene rings is 2. The Bertz CT molecular complexity index is 947. The van der Waals surface area contributed by atoms with Gasteiger partial charge in [-0.1, -0.05) is 26.0 Å². The van der Waals surface area contributed by atoms with E-state index in [1.165, 1.54) is 0 Å². The lowest BCUT2D eigenvalue weighted by atomic mass is 10.0. The molecular formula is C22H25N3O3. The molecule has 1 unspecified atom stereocenters. The van der Waals surface area contributed by atoms with Gasteiger partial charge in [-0.05, 0) is 42.7 Å². The normalized spacial score (nSPS) is 14.7. The third-order valence-corrected chi connectivity index (χ3v) is 4.76. The second-order valence-corrected chi connectivity index (χ2v) is 7.51. The molecule has 4 rings (SSSR count). The molecule has 1 aromatic heterocycles. The number of aromatic amines is 1. The summed E-state index contributed by atoms with van der Waals surface area (Å²) in [5.74, 6) is 2.33. The Morgan fingerprint density at radius 3 is 2.71 bits per heavy atom. The Kier molecular flexibility index (Phi) is 5.19. The maximum Gasteiger partial charge on any atom is 0.252 e. The molecule has 3 aromatic rings. The van der Waals surface area contributed by atoms with Gasteiger partial charge in [-0.3, -0.25) is 4.79 Å². The summed E-state index contributed by atoms with van der Waals surface area (Å²) in [4.78, 5) is 21.0. The van der Waals surface area contributed by atoms with Crippen LogP contribution in [-0.2, 0) is 0 Å². The number of nitrogens with zero attached hydrogens (tertiary/aromatic N) is 1. The highest BCUT2D eigenvalue weighted by molar-refractivity contribution is 5.95.